The van der Waals surface area contributed by atoms with E-state index < -0.39 is 10.0 Å². The molecule has 0 unspecified atom stereocenters. The lowest BCUT2D eigenvalue weighted by Gasteiger charge is -2.07. The number of sulfonamides is 1. The average molecular weight is 345 g/mol. The molecule has 112 valence electrons. The minimum Gasteiger partial charge on any atom is -0.309 e. The van der Waals surface area contributed by atoms with Gasteiger partial charge < -0.3 is 5.32 Å². The van der Waals surface area contributed by atoms with Crippen LogP contribution in [0.5, 0.6) is 0 Å². The molecular weight excluding hydrogens is 331 g/mol. The number of halogens is 2. The first-order valence-electron chi connectivity index (χ1n) is 6.12. The quantitative estimate of drug-likeness (QED) is 0.875. The molecule has 7 heteroatoms. The van der Waals surface area contributed by atoms with E-state index >= 15 is 0 Å². The van der Waals surface area contributed by atoms with Crippen molar-refractivity contribution in [2.75, 3.05) is 0 Å². The summed E-state index contributed by atoms with van der Waals surface area (Å²) in [5.41, 5.74) is 1.83. The number of rotatable bonds is 5. The van der Waals surface area contributed by atoms with Crippen molar-refractivity contribution in [1.82, 2.24) is 5.32 Å². The summed E-state index contributed by atoms with van der Waals surface area (Å²) in [6.07, 6.45) is 0. The molecule has 0 aliphatic heterocycles. The molecule has 2 aromatic rings. The molecule has 3 N–H and O–H groups in total. The number of benzene rings is 2. The number of nitrogens with two attached hydrogens (primary N) is 1. The van der Waals surface area contributed by atoms with E-state index in [0.717, 1.165) is 11.1 Å². The Morgan fingerprint density at radius 1 is 0.952 bits per heavy atom. The predicted molar refractivity (Wildman–Crippen MR) is 84.8 cm³/mol. The minimum atomic E-state index is -3.67. The maximum Gasteiger partial charge on any atom is 0.238 e. The van der Waals surface area contributed by atoms with Crippen LogP contribution in [0.1, 0.15) is 11.1 Å². The van der Waals surface area contributed by atoms with Crippen molar-refractivity contribution in [2.24, 2.45) is 5.14 Å². The van der Waals surface area contributed by atoms with Gasteiger partial charge in [0.1, 0.15) is 0 Å². The second-order valence-corrected chi connectivity index (χ2v) is 6.92. The molecular formula is C14H14Cl2N2O2S. The molecule has 0 radical (unpaired) electrons. The van der Waals surface area contributed by atoms with Crippen LogP contribution in [0.2, 0.25) is 10.0 Å². The second-order valence-electron chi connectivity index (χ2n) is 4.54. The van der Waals surface area contributed by atoms with E-state index in [1.165, 1.54) is 6.07 Å². The SMILES string of the molecule is NS(=O)(=O)c1cccc(CNCc2ccc(Cl)c(Cl)c2)c1. The molecule has 2 aromatic carbocycles. The molecule has 0 aromatic heterocycles. The Hall–Kier alpha value is -1.11. The average Bonchev–Trinajstić information content (AvgIpc) is 2.42. The smallest absolute Gasteiger partial charge is 0.238 e. The number of primary sulfonamides is 1. The van der Waals surface area contributed by atoms with Gasteiger partial charge in [0.25, 0.3) is 0 Å². The first-order chi connectivity index (χ1) is 9.86. The van der Waals surface area contributed by atoms with Crippen LogP contribution in [0.25, 0.3) is 0 Å². The molecule has 0 fully saturated rings. The summed E-state index contributed by atoms with van der Waals surface area (Å²) in [4.78, 5) is 0.108. The molecule has 0 amide bonds. The van der Waals surface area contributed by atoms with Crippen molar-refractivity contribution in [2.45, 2.75) is 18.0 Å². The van der Waals surface area contributed by atoms with Crippen LogP contribution in [0.3, 0.4) is 0 Å². The van der Waals surface area contributed by atoms with Crippen molar-refractivity contribution in [1.29, 1.82) is 0 Å². The minimum absolute atomic E-state index is 0.108. The fraction of sp³-hybridized carbons (Fsp3) is 0.143. The van der Waals surface area contributed by atoms with Crippen LogP contribution in [-0.2, 0) is 23.1 Å². The van der Waals surface area contributed by atoms with E-state index in [-0.39, 0.29) is 4.90 Å². The van der Waals surface area contributed by atoms with Gasteiger partial charge in [-0.3, -0.25) is 0 Å². The number of hydrogen-bond acceptors (Lipinski definition) is 3. The van der Waals surface area contributed by atoms with E-state index in [2.05, 4.69) is 5.32 Å². The van der Waals surface area contributed by atoms with E-state index in [0.29, 0.717) is 23.1 Å². The van der Waals surface area contributed by atoms with Gasteiger partial charge in [0, 0.05) is 13.1 Å². The van der Waals surface area contributed by atoms with Crippen LogP contribution in [0, 0.1) is 0 Å². The lowest BCUT2D eigenvalue weighted by molar-refractivity contribution is 0.597. The van der Waals surface area contributed by atoms with Crippen LogP contribution in [0.4, 0.5) is 0 Å². The van der Waals surface area contributed by atoms with Crippen molar-refractivity contribution < 1.29 is 8.42 Å². The van der Waals surface area contributed by atoms with Gasteiger partial charge >= 0.3 is 0 Å². The van der Waals surface area contributed by atoms with Crippen LogP contribution in [-0.4, -0.2) is 8.42 Å². The highest BCUT2D eigenvalue weighted by molar-refractivity contribution is 7.89. The normalized spacial score (nSPS) is 11.6. The van der Waals surface area contributed by atoms with E-state index in [1.54, 1.807) is 24.3 Å². The maximum absolute atomic E-state index is 11.3. The Labute approximate surface area is 133 Å². The number of nitrogens with one attached hydrogen (secondary N) is 1. The van der Waals surface area contributed by atoms with Crippen molar-refractivity contribution in [3.63, 3.8) is 0 Å². The third-order valence-electron chi connectivity index (χ3n) is 2.87. The molecule has 0 saturated carbocycles. The van der Waals surface area contributed by atoms with E-state index in [1.807, 2.05) is 12.1 Å². The summed E-state index contributed by atoms with van der Waals surface area (Å²) >= 11 is 11.8. The monoisotopic (exact) mass is 344 g/mol. The van der Waals surface area contributed by atoms with Crippen LogP contribution < -0.4 is 10.5 Å². The summed E-state index contributed by atoms with van der Waals surface area (Å²) in [5, 5.41) is 9.33. The third kappa shape index (κ3) is 4.69. The maximum atomic E-state index is 11.3. The van der Waals surface area contributed by atoms with Gasteiger partial charge in [-0.05, 0) is 35.4 Å². The zero-order valence-electron chi connectivity index (χ0n) is 11.0. The Morgan fingerprint density at radius 2 is 1.62 bits per heavy atom. The lowest BCUT2D eigenvalue weighted by Crippen LogP contribution is -2.15. The van der Waals surface area contributed by atoms with Gasteiger partial charge in [-0.25, -0.2) is 13.6 Å². The first-order valence-corrected chi connectivity index (χ1v) is 8.43. The fourth-order valence-electron chi connectivity index (χ4n) is 1.83. The van der Waals surface area contributed by atoms with Crippen molar-refractivity contribution in [3.8, 4) is 0 Å². The third-order valence-corrected chi connectivity index (χ3v) is 4.52. The van der Waals surface area contributed by atoms with Gasteiger partial charge in [0.05, 0.1) is 14.9 Å². The molecule has 0 saturated heterocycles. The molecule has 0 aliphatic rings. The molecule has 0 spiro atoms. The Bertz CT molecular complexity index is 748. The molecule has 0 heterocycles. The molecule has 0 atom stereocenters. The van der Waals surface area contributed by atoms with Gasteiger partial charge in [0.15, 0.2) is 0 Å². The first kappa shape index (κ1) is 16.3. The number of hydrogen-bond donors (Lipinski definition) is 2. The largest absolute Gasteiger partial charge is 0.309 e. The van der Waals surface area contributed by atoms with Gasteiger partial charge in [-0.1, -0.05) is 41.4 Å². The zero-order valence-corrected chi connectivity index (χ0v) is 13.3. The highest BCUT2D eigenvalue weighted by atomic mass is 35.5. The predicted octanol–water partition coefficient (Wildman–Crippen LogP) is 2.93. The fourth-order valence-corrected chi connectivity index (χ4v) is 2.74. The van der Waals surface area contributed by atoms with Crippen molar-refractivity contribution in [3.05, 3.63) is 63.6 Å². The van der Waals surface area contributed by atoms with Gasteiger partial charge in [-0.2, -0.15) is 0 Å². The zero-order chi connectivity index (χ0) is 15.5. The van der Waals surface area contributed by atoms with Crippen LogP contribution in [0.15, 0.2) is 47.4 Å². The Kier molecular flexibility index (Phi) is 5.24. The second kappa shape index (κ2) is 6.77. The summed E-state index contributed by atoms with van der Waals surface area (Å²) in [6.45, 7) is 1.11. The van der Waals surface area contributed by atoms with Crippen molar-refractivity contribution >= 4 is 33.2 Å². The van der Waals surface area contributed by atoms with Crippen LogP contribution >= 0.6 is 23.2 Å². The molecule has 21 heavy (non-hydrogen) atoms. The van der Waals surface area contributed by atoms with E-state index in [4.69, 9.17) is 28.3 Å². The summed E-state index contributed by atoms with van der Waals surface area (Å²) in [7, 11) is -3.67. The van der Waals surface area contributed by atoms with Gasteiger partial charge in [0.2, 0.25) is 10.0 Å². The molecule has 0 aliphatic carbocycles. The highest BCUT2D eigenvalue weighted by Gasteiger charge is 2.07. The Balaban J connectivity index is 1.99. The van der Waals surface area contributed by atoms with Gasteiger partial charge in [-0.15, -0.1) is 0 Å². The molecule has 2 rings (SSSR count). The summed E-state index contributed by atoms with van der Waals surface area (Å²) < 4.78 is 22.6. The Morgan fingerprint density at radius 3 is 2.24 bits per heavy atom. The lowest BCUT2D eigenvalue weighted by atomic mass is 10.2. The topological polar surface area (TPSA) is 72.2 Å². The highest BCUT2D eigenvalue weighted by Crippen LogP contribution is 2.22. The molecule has 4 nitrogen and oxygen atoms in total. The summed E-state index contributed by atoms with van der Waals surface area (Å²) in [6, 6.07) is 11.9. The molecule has 0 bridgehead atoms. The van der Waals surface area contributed by atoms with E-state index in [9.17, 15) is 8.42 Å². The summed E-state index contributed by atoms with van der Waals surface area (Å²) in [5.74, 6) is 0. The standard InChI is InChI=1S/C14H14Cl2N2O2S/c15-13-5-4-11(7-14(13)16)9-18-8-10-2-1-3-12(6-10)21(17,19)20/h1-7,18H,8-9H2,(H2,17,19,20).